The maximum Gasteiger partial charge on any atom is 0.451 e. The predicted molar refractivity (Wildman–Crippen MR) is 109 cm³/mol. The lowest BCUT2D eigenvalue weighted by molar-refractivity contribution is -0.145. The third kappa shape index (κ3) is 5.06. The molecule has 1 atom stereocenters. The van der Waals surface area contributed by atoms with Crippen molar-refractivity contribution < 1.29 is 18.0 Å². The molecule has 3 rings (SSSR count). The van der Waals surface area contributed by atoms with Gasteiger partial charge in [0.25, 0.3) is 0 Å². The van der Waals surface area contributed by atoms with Crippen LogP contribution >= 0.6 is 11.8 Å². The summed E-state index contributed by atoms with van der Waals surface area (Å²) in [7, 11) is 0. The first-order valence-electron chi connectivity index (χ1n) is 9.15. The third-order valence-corrected chi connectivity index (χ3v) is 5.53. The van der Waals surface area contributed by atoms with Crippen molar-refractivity contribution in [3.63, 3.8) is 0 Å². The molecule has 1 heterocycles. The van der Waals surface area contributed by atoms with Gasteiger partial charge in [0.05, 0.1) is 11.3 Å². The van der Waals surface area contributed by atoms with E-state index in [2.05, 4.69) is 29.1 Å². The summed E-state index contributed by atoms with van der Waals surface area (Å²) >= 11 is 0.964. The van der Waals surface area contributed by atoms with Crippen molar-refractivity contribution in [1.29, 1.82) is 0 Å². The van der Waals surface area contributed by atoms with Gasteiger partial charge in [-0.1, -0.05) is 62.0 Å². The molecule has 152 valence electrons. The number of benzene rings is 2. The van der Waals surface area contributed by atoms with E-state index in [9.17, 15) is 18.0 Å². The highest BCUT2D eigenvalue weighted by molar-refractivity contribution is 8.00. The summed E-state index contributed by atoms with van der Waals surface area (Å²) in [6.07, 6.45) is -3.73. The topological polar surface area (TPSA) is 54.9 Å². The second-order valence-corrected chi connectivity index (χ2v) is 7.56. The highest BCUT2D eigenvalue weighted by Crippen LogP contribution is 2.32. The number of halogens is 3. The number of fused-ring (bicyclic) bond motifs is 1. The van der Waals surface area contributed by atoms with Crippen LogP contribution < -0.4 is 5.32 Å². The Labute approximate surface area is 170 Å². The minimum absolute atomic E-state index is 0.0624. The molecule has 0 bridgehead atoms. The molecule has 4 nitrogen and oxygen atoms in total. The van der Waals surface area contributed by atoms with Crippen molar-refractivity contribution >= 4 is 34.3 Å². The number of thioether (sulfide) groups is 1. The number of hydrogen-bond acceptors (Lipinski definition) is 4. The molecular formula is C21H20F3N3OS. The molecule has 8 heteroatoms. The molecule has 3 aromatic rings. The molecule has 1 N–H and O–H groups in total. The molecule has 0 unspecified atom stereocenters. The Bertz CT molecular complexity index is 1020. The molecule has 0 saturated carbocycles. The maximum absolute atomic E-state index is 13.1. The number of carbonyl (C=O) groups is 1. The van der Waals surface area contributed by atoms with E-state index in [-0.39, 0.29) is 28.1 Å². The molecule has 1 amide bonds. The van der Waals surface area contributed by atoms with Crippen LogP contribution in [0.1, 0.15) is 37.6 Å². The summed E-state index contributed by atoms with van der Waals surface area (Å²) in [5.41, 5.74) is 1.94. The predicted octanol–water partition coefficient (Wildman–Crippen LogP) is 5.89. The third-order valence-electron chi connectivity index (χ3n) is 4.54. The highest BCUT2D eigenvalue weighted by Gasteiger charge is 2.35. The van der Waals surface area contributed by atoms with Gasteiger partial charge in [-0.3, -0.25) is 4.79 Å². The van der Waals surface area contributed by atoms with Crippen molar-refractivity contribution in [1.82, 2.24) is 9.97 Å². The van der Waals surface area contributed by atoms with Crippen LogP contribution in [-0.4, -0.2) is 21.6 Å². The van der Waals surface area contributed by atoms with E-state index >= 15 is 0 Å². The number of para-hydroxylation sites is 2. The van der Waals surface area contributed by atoms with Gasteiger partial charge in [0, 0.05) is 11.1 Å². The Morgan fingerprint density at radius 3 is 2.52 bits per heavy atom. The van der Waals surface area contributed by atoms with E-state index in [4.69, 9.17) is 0 Å². The molecular weight excluding hydrogens is 399 g/mol. The van der Waals surface area contributed by atoms with Crippen LogP contribution in [0.3, 0.4) is 0 Å². The van der Waals surface area contributed by atoms with Crippen LogP contribution in [-0.2, 0) is 11.0 Å². The number of nitrogens with one attached hydrogen (secondary N) is 1. The van der Waals surface area contributed by atoms with E-state index in [1.54, 1.807) is 18.2 Å². The van der Waals surface area contributed by atoms with Crippen LogP contribution in [0.2, 0.25) is 0 Å². The molecule has 29 heavy (non-hydrogen) atoms. The average Bonchev–Trinajstić information content (AvgIpc) is 2.71. The fraction of sp³-hybridized carbons (Fsp3) is 0.286. The average molecular weight is 419 g/mol. The lowest BCUT2D eigenvalue weighted by Gasteiger charge is -2.15. The van der Waals surface area contributed by atoms with Gasteiger partial charge in [-0.2, -0.15) is 13.2 Å². The largest absolute Gasteiger partial charge is 0.451 e. The second-order valence-electron chi connectivity index (χ2n) is 6.60. The summed E-state index contributed by atoms with van der Waals surface area (Å²) in [5, 5.41) is 3.48. The number of rotatable bonds is 6. The van der Waals surface area contributed by atoms with E-state index in [1.165, 1.54) is 6.07 Å². The minimum Gasteiger partial charge on any atom is -0.325 e. The van der Waals surface area contributed by atoms with Gasteiger partial charge in [-0.05, 0) is 30.0 Å². The maximum atomic E-state index is 13.1. The Morgan fingerprint density at radius 2 is 1.79 bits per heavy atom. The lowest BCUT2D eigenvalue weighted by Crippen LogP contribution is -2.16. The van der Waals surface area contributed by atoms with Crippen molar-refractivity contribution in [3.8, 4) is 0 Å². The molecule has 0 fully saturated rings. The number of hydrogen-bond donors (Lipinski definition) is 1. The minimum atomic E-state index is -4.66. The quantitative estimate of drug-likeness (QED) is 0.400. The standard InChI is InChI=1S/C21H20F3N3OS/c1-3-13(2)14-8-4-6-10-16(14)25-18(28)12-29-19-15-9-5-7-11-17(15)26-20(27-19)21(22,23)24/h4-11,13H,3,12H2,1-2H3,(H,25,28)/t13-/m0/s1. The van der Waals surface area contributed by atoms with E-state index in [0.29, 0.717) is 5.39 Å². The van der Waals surface area contributed by atoms with E-state index < -0.39 is 12.0 Å². The van der Waals surface area contributed by atoms with Crippen molar-refractivity contribution in [2.75, 3.05) is 11.1 Å². The van der Waals surface area contributed by atoms with Gasteiger partial charge in [0.2, 0.25) is 11.7 Å². The van der Waals surface area contributed by atoms with E-state index in [1.807, 2.05) is 24.3 Å². The zero-order valence-electron chi connectivity index (χ0n) is 16.0. The fourth-order valence-electron chi connectivity index (χ4n) is 2.86. The summed E-state index contributed by atoms with van der Waals surface area (Å²) in [6, 6.07) is 14.0. The van der Waals surface area contributed by atoms with Crippen LogP contribution in [0, 0.1) is 0 Å². The smallest absolute Gasteiger partial charge is 0.325 e. The van der Waals surface area contributed by atoms with Gasteiger partial charge in [-0.25, -0.2) is 9.97 Å². The fourth-order valence-corrected chi connectivity index (χ4v) is 3.68. The highest BCUT2D eigenvalue weighted by atomic mass is 32.2. The van der Waals surface area contributed by atoms with Crippen LogP contribution in [0.5, 0.6) is 0 Å². The van der Waals surface area contributed by atoms with Crippen molar-refractivity contribution in [2.45, 2.75) is 37.4 Å². The Morgan fingerprint density at radius 1 is 1.10 bits per heavy atom. The first-order valence-corrected chi connectivity index (χ1v) is 10.1. The number of aromatic nitrogens is 2. The summed E-state index contributed by atoms with van der Waals surface area (Å²) in [6.45, 7) is 4.14. The molecule has 0 spiro atoms. The monoisotopic (exact) mass is 419 g/mol. The SMILES string of the molecule is CC[C@H](C)c1ccccc1NC(=O)CSc1nc(C(F)(F)F)nc2ccccc12. The number of anilines is 1. The van der Waals surface area contributed by atoms with Crippen molar-refractivity contribution in [2.24, 2.45) is 0 Å². The summed E-state index contributed by atoms with van der Waals surface area (Å²) in [5.74, 6) is -1.30. The Hall–Kier alpha value is -2.61. The number of alkyl halides is 3. The van der Waals surface area contributed by atoms with Gasteiger partial charge < -0.3 is 5.32 Å². The van der Waals surface area contributed by atoms with Gasteiger partial charge in [-0.15, -0.1) is 0 Å². The molecule has 2 aromatic carbocycles. The summed E-state index contributed by atoms with van der Waals surface area (Å²) in [4.78, 5) is 19.7. The zero-order valence-corrected chi connectivity index (χ0v) is 16.8. The molecule has 1 aromatic heterocycles. The summed E-state index contributed by atoms with van der Waals surface area (Å²) < 4.78 is 39.4. The van der Waals surface area contributed by atoms with Gasteiger partial charge in [0.15, 0.2) is 0 Å². The molecule has 0 aliphatic carbocycles. The Kier molecular flexibility index (Phi) is 6.42. The molecule has 0 radical (unpaired) electrons. The molecule has 0 saturated heterocycles. The van der Waals surface area contributed by atoms with E-state index in [0.717, 1.165) is 29.4 Å². The molecule has 0 aliphatic heterocycles. The number of nitrogens with zero attached hydrogens (tertiary/aromatic N) is 2. The van der Waals surface area contributed by atoms with Crippen LogP contribution in [0.15, 0.2) is 53.6 Å². The van der Waals surface area contributed by atoms with Gasteiger partial charge in [0.1, 0.15) is 5.03 Å². The first-order chi connectivity index (χ1) is 13.8. The van der Waals surface area contributed by atoms with Crippen LogP contribution in [0.25, 0.3) is 10.9 Å². The van der Waals surface area contributed by atoms with Gasteiger partial charge >= 0.3 is 6.18 Å². The zero-order chi connectivity index (χ0) is 21.0. The normalized spacial score (nSPS) is 12.7. The van der Waals surface area contributed by atoms with Crippen molar-refractivity contribution in [3.05, 3.63) is 59.9 Å². The second kappa shape index (κ2) is 8.82. The molecule has 0 aliphatic rings. The lowest BCUT2D eigenvalue weighted by atomic mass is 9.97. The van der Waals surface area contributed by atoms with Crippen LogP contribution in [0.4, 0.5) is 18.9 Å². The first kappa shape index (κ1) is 21.1. The Balaban J connectivity index is 1.80. The number of carbonyl (C=O) groups excluding carboxylic acids is 1. The number of amides is 1.